The zero-order chi connectivity index (χ0) is 20.5. The summed E-state index contributed by atoms with van der Waals surface area (Å²) in [6, 6.07) is 6.97. The van der Waals surface area contributed by atoms with Crippen molar-refractivity contribution in [2.75, 3.05) is 13.1 Å². The van der Waals surface area contributed by atoms with E-state index in [0.717, 1.165) is 16.9 Å². The van der Waals surface area contributed by atoms with Crippen molar-refractivity contribution in [1.29, 1.82) is 0 Å². The molecular formula is C21H28ClN3O3. The van der Waals surface area contributed by atoms with Gasteiger partial charge in [0.2, 0.25) is 5.91 Å². The largest absolute Gasteiger partial charge is 0.354 e. The van der Waals surface area contributed by atoms with Crippen LogP contribution in [0.15, 0.2) is 24.3 Å². The van der Waals surface area contributed by atoms with E-state index in [9.17, 15) is 14.4 Å². The summed E-state index contributed by atoms with van der Waals surface area (Å²) in [5, 5.41) is 6.32. The lowest BCUT2D eigenvalue weighted by molar-refractivity contribution is -0.137. The Bertz CT molecular complexity index is 795. The molecule has 1 saturated heterocycles. The van der Waals surface area contributed by atoms with Gasteiger partial charge in [-0.25, -0.2) is 4.79 Å². The number of imide groups is 1. The number of hydrogen-bond donors (Lipinski definition) is 2. The highest BCUT2D eigenvalue weighted by Gasteiger charge is 2.56. The number of carbonyl (C=O) groups excluding carboxylic acids is 3. The van der Waals surface area contributed by atoms with Gasteiger partial charge in [0.25, 0.3) is 5.91 Å². The second-order valence-corrected chi connectivity index (χ2v) is 9.42. The van der Waals surface area contributed by atoms with Crippen molar-refractivity contribution < 1.29 is 14.4 Å². The zero-order valence-electron chi connectivity index (χ0n) is 16.7. The van der Waals surface area contributed by atoms with Gasteiger partial charge in [0, 0.05) is 11.6 Å². The molecule has 2 aliphatic rings. The van der Waals surface area contributed by atoms with Gasteiger partial charge in [-0.3, -0.25) is 14.5 Å². The Balaban J connectivity index is 1.57. The van der Waals surface area contributed by atoms with Crippen LogP contribution in [0.2, 0.25) is 5.02 Å². The van der Waals surface area contributed by atoms with Gasteiger partial charge in [-0.1, -0.05) is 44.5 Å². The van der Waals surface area contributed by atoms with Crippen LogP contribution < -0.4 is 10.6 Å². The van der Waals surface area contributed by atoms with Gasteiger partial charge in [0.1, 0.15) is 12.1 Å². The molecule has 0 bridgehead atoms. The molecule has 1 aromatic carbocycles. The maximum Gasteiger partial charge on any atom is 0.325 e. The van der Waals surface area contributed by atoms with Crippen LogP contribution in [0.5, 0.6) is 0 Å². The monoisotopic (exact) mass is 405 g/mol. The molecule has 0 aromatic heterocycles. The maximum atomic E-state index is 13.0. The first-order valence-electron chi connectivity index (χ1n) is 9.75. The van der Waals surface area contributed by atoms with E-state index >= 15 is 0 Å². The normalized spacial score (nSPS) is 26.4. The lowest BCUT2D eigenvalue weighted by atomic mass is 9.64. The lowest BCUT2D eigenvalue weighted by Gasteiger charge is -2.43. The minimum absolute atomic E-state index is 0.0319. The topological polar surface area (TPSA) is 78.5 Å². The third kappa shape index (κ3) is 4.49. The molecule has 1 saturated carbocycles. The second-order valence-electron chi connectivity index (χ2n) is 8.99. The number of nitrogens with one attached hydrogen (secondary N) is 2. The van der Waals surface area contributed by atoms with E-state index in [1.807, 2.05) is 18.2 Å². The van der Waals surface area contributed by atoms with Gasteiger partial charge < -0.3 is 10.6 Å². The maximum absolute atomic E-state index is 13.0. The van der Waals surface area contributed by atoms with E-state index < -0.39 is 11.6 Å². The first-order chi connectivity index (χ1) is 13.1. The Hall–Kier alpha value is -2.08. The molecule has 0 radical (unpaired) electrons. The van der Waals surface area contributed by atoms with E-state index in [0.29, 0.717) is 36.7 Å². The zero-order valence-corrected chi connectivity index (χ0v) is 17.4. The van der Waals surface area contributed by atoms with Gasteiger partial charge in [-0.05, 0) is 54.7 Å². The number of carbonyl (C=O) groups is 3. The Morgan fingerprint density at radius 2 is 2.07 bits per heavy atom. The molecule has 1 aliphatic heterocycles. The highest BCUT2D eigenvalue weighted by molar-refractivity contribution is 6.30. The molecule has 1 spiro atoms. The third-order valence-corrected chi connectivity index (χ3v) is 5.79. The number of hydrogen-bond acceptors (Lipinski definition) is 3. The Kier molecular flexibility index (Phi) is 5.71. The van der Waals surface area contributed by atoms with Crippen molar-refractivity contribution in [2.45, 2.75) is 52.0 Å². The summed E-state index contributed by atoms with van der Waals surface area (Å²) in [4.78, 5) is 38.8. The fourth-order valence-corrected chi connectivity index (χ4v) is 5.10. The Morgan fingerprint density at radius 1 is 1.32 bits per heavy atom. The molecule has 2 atom stereocenters. The van der Waals surface area contributed by atoms with Crippen molar-refractivity contribution in [2.24, 2.45) is 11.3 Å². The van der Waals surface area contributed by atoms with Crippen molar-refractivity contribution in [1.82, 2.24) is 15.5 Å². The Morgan fingerprint density at radius 3 is 2.75 bits per heavy atom. The molecule has 2 unspecified atom stereocenters. The number of urea groups is 1. The van der Waals surface area contributed by atoms with Crippen LogP contribution in [0.1, 0.15) is 45.6 Å². The number of amides is 4. The fourth-order valence-electron chi connectivity index (χ4n) is 4.89. The number of halogens is 1. The van der Waals surface area contributed by atoms with Crippen molar-refractivity contribution in [3.05, 3.63) is 34.9 Å². The van der Waals surface area contributed by atoms with Gasteiger partial charge in [-0.2, -0.15) is 0 Å². The minimum atomic E-state index is -0.876. The van der Waals surface area contributed by atoms with E-state index in [1.165, 1.54) is 0 Å². The third-order valence-electron chi connectivity index (χ3n) is 5.55. The molecule has 28 heavy (non-hydrogen) atoms. The summed E-state index contributed by atoms with van der Waals surface area (Å²) in [5.74, 6) is -0.285. The SMILES string of the molecule is CC1CC(C)(C)CC2(C1)NC(=O)N(CC(=O)NCCc1cccc(Cl)c1)C2=O. The standard InChI is InChI=1S/C21H28ClN3O3/c1-14-10-20(2,3)13-21(11-14)18(27)25(19(28)24-21)12-17(26)23-8-7-15-5-4-6-16(22)9-15/h4-6,9,14H,7-8,10-13H2,1-3H3,(H,23,26)(H,24,28). The molecule has 6 nitrogen and oxygen atoms in total. The number of nitrogens with zero attached hydrogens (tertiary/aromatic N) is 1. The molecule has 2 fully saturated rings. The van der Waals surface area contributed by atoms with Crippen molar-refractivity contribution in [3.63, 3.8) is 0 Å². The molecule has 2 N–H and O–H groups in total. The molecule has 1 aromatic rings. The molecule has 7 heteroatoms. The van der Waals surface area contributed by atoms with Gasteiger partial charge in [0.05, 0.1) is 0 Å². The second kappa shape index (κ2) is 7.74. The van der Waals surface area contributed by atoms with Crippen LogP contribution in [0.3, 0.4) is 0 Å². The van der Waals surface area contributed by atoms with E-state index in [2.05, 4.69) is 31.4 Å². The summed E-state index contributed by atoms with van der Waals surface area (Å²) in [6.07, 6.45) is 2.86. The summed E-state index contributed by atoms with van der Waals surface area (Å²) in [5.41, 5.74) is 0.106. The predicted octanol–water partition coefficient (Wildman–Crippen LogP) is 3.14. The fraction of sp³-hybridized carbons (Fsp3) is 0.571. The first-order valence-corrected chi connectivity index (χ1v) is 10.1. The molecule has 1 heterocycles. The average molecular weight is 406 g/mol. The van der Waals surface area contributed by atoms with Gasteiger partial charge in [-0.15, -0.1) is 0 Å². The van der Waals surface area contributed by atoms with Crippen molar-refractivity contribution >= 4 is 29.4 Å². The van der Waals surface area contributed by atoms with Crippen LogP contribution >= 0.6 is 11.6 Å². The highest BCUT2D eigenvalue weighted by Crippen LogP contribution is 2.46. The highest BCUT2D eigenvalue weighted by atomic mass is 35.5. The summed E-state index contributed by atoms with van der Waals surface area (Å²) < 4.78 is 0. The lowest BCUT2D eigenvalue weighted by Crippen LogP contribution is -2.54. The smallest absolute Gasteiger partial charge is 0.325 e. The number of benzene rings is 1. The molecule has 4 amide bonds. The summed E-state index contributed by atoms with van der Waals surface area (Å²) in [7, 11) is 0. The van der Waals surface area contributed by atoms with Crippen LogP contribution in [0.25, 0.3) is 0 Å². The molecule has 152 valence electrons. The van der Waals surface area contributed by atoms with Gasteiger partial charge in [0.15, 0.2) is 0 Å². The molecule has 1 aliphatic carbocycles. The van der Waals surface area contributed by atoms with Crippen LogP contribution in [-0.4, -0.2) is 41.4 Å². The number of rotatable bonds is 5. The predicted molar refractivity (Wildman–Crippen MR) is 108 cm³/mol. The summed E-state index contributed by atoms with van der Waals surface area (Å²) >= 11 is 5.96. The van der Waals surface area contributed by atoms with E-state index in [4.69, 9.17) is 11.6 Å². The average Bonchev–Trinajstić information content (AvgIpc) is 2.76. The van der Waals surface area contributed by atoms with Crippen LogP contribution in [-0.2, 0) is 16.0 Å². The first kappa shape index (κ1) is 20.6. The minimum Gasteiger partial charge on any atom is -0.354 e. The summed E-state index contributed by atoms with van der Waals surface area (Å²) in [6.45, 7) is 6.51. The van der Waals surface area contributed by atoms with Gasteiger partial charge >= 0.3 is 6.03 Å². The Labute approximate surface area is 171 Å². The van der Waals surface area contributed by atoms with E-state index in [1.54, 1.807) is 6.07 Å². The van der Waals surface area contributed by atoms with E-state index in [-0.39, 0.29) is 23.8 Å². The van der Waals surface area contributed by atoms with Crippen LogP contribution in [0, 0.1) is 11.3 Å². The molecule has 3 rings (SSSR count). The van der Waals surface area contributed by atoms with Crippen LogP contribution in [0.4, 0.5) is 4.79 Å². The molecular weight excluding hydrogens is 378 g/mol. The quantitative estimate of drug-likeness (QED) is 0.738. The van der Waals surface area contributed by atoms with Crippen molar-refractivity contribution in [3.8, 4) is 0 Å².